The largest absolute Gasteiger partial charge is 0.394 e. The molecule has 2 heteroatoms. The normalized spacial score (nSPS) is 35.0. The van der Waals surface area contributed by atoms with Gasteiger partial charge in [0.2, 0.25) is 0 Å². The van der Waals surface area contributed by atoms with Crippen LogP contribution in [0.2, 0.25) is 0 Å². The van der Waals surface area contributed by atoms with Gasteiger partial charge in [0.1, 0.15) is 6.61 Å². The van der Waals surface area contributed by atoms with E-state index >= 15 is 0 Å². The zero-order valence-corrected chi connectivity index (χ0v) is 5.34. The number of aliphatic hydroxyl groups is 1. The Kier molecular flexibility index (Phi) is 1.08. The first kappa shape index (κ1) is 5.69. The molecule has 2 saturated carbocycles. The van der Waals surface area contributed by atoms with Crippen LogP contribution >= 0.6 is 0 Å². The lowest BCUT2D eigenvalue weighted by Crippen LogP contribution is -1.96. The highest BCUT2D eigenvalue weighted by Gasteiger charge is 2.63. The van der Waals surface area contributed by atoms with E-state index in [1.807, 2.05) is 0 Å². The van der Waals surface area contributed by atoms with E-state index in [9.17, 15) is 0 Å². The quantitative estimate of drug-likeness (QED) is 0.605. The molecule has 1 unspecified atom stereocenters. The van der Waals surface area contributed by atoms with Gasteiger partial charge >= 0.3 is 0 Å². The standard InChI is InChI=1S/C7H11O2/c8-3-4-9-6-5-7(6)1-2-7/h4,6,8H,1-3,5H2. The van der Waals surface area contributed by atoms with Crippen molar-refractivity contribution in [1.29, 1.82) is 0 Å². The predicted molar refractivity (Wildman–Crippen MR) is 32.5 cm³/mol. The fourth-order valence-corrected chi connectivity index (χ4v) is 1.35. The van der Waals surface area contributed by atoms with Crippen LogP contribution in [-0.4, -0.2) is 17.8 Å². The summed E-state index contributed by atoms with van der Waals surface area (Å²) in [5.74, 6) is 0. The molecule has 1 atom stereocenters. The maximum Gasteiger partial charge on any atom is 0.109 e. The Hall–Kier alpha value is -0.0800. The van der Waals surface area contributed by atoms with Gasteiger partial charge in [-0.2, -0.15) is 0 Å². The number of hydrogen-bond donors (Lipinski definition) is 1. The molecule has 0 aliphatic heterocycles. The van der Waals surface area contributed by atoms with Crippen molar-refractivity contribution < 1.29 is 9.84 Å². The molecule has 1 N–H and O–H groups in total. The van der Waals surface area contributed by atoms with Crippen LogP contribution in [0.3, 0.4) is 0 Å². The van der Waals surface area contributed by atoms with E-state index in [2.05, 4.69) is 0 Å². The highest BCUT2D eigenvalue weighted by atomic mass is 16.5. The molecule has 0 aromatic carbocycles. The maximum atomic E-state index is 8.35. The Labute approximate surface area is 54.8 Å². The average molecular weight is 127 g/mol. The fraction of sp³-hybridized carbons (Fsp3) is 0.857. The number of aliphatic hydroxyl groups excluding tert-OH is 1. The molecule has 0 amide bonds. The lowest BCUT2D eigenvalue weighted by Gasteiger charge is -1.95. The third kappa shape index (κ3) is 0.864. The third-order valence-corrected chi connectivity index (χ3v) is 2.34. The molecule has 0 saturated heterocycles. The molecule has 0 heterocycles. The minimum atomic E-state index is 0.0482. The van der Waals surface area contributed by atoms with Gasteiger partial charge in [0.25, 0.3) is 0 Å². The summed E-state index contributed by atoms with van der Waals surface area (Å²) in [6.45, 7) is 1.55. The number of ether oxygens (including phenoxy) is 1. The molecule has 2 aliphatic rings. The van der Waals surface area contributed by atoms with Crippen molar-refractivity contribution in [3.8, 4) is 0 Å². The Balaban J connectivity index is 1.67. The van der Waals surface area contributed by atoms with Crippen molar-refractivity contribution >= 4 is 0 Å². The molecular weight excluding hydrogens is 116 g/mol. The van der Waals surface area contributed by atoms with Crippen LogP contribution in [-0.2, 0) is 4.74 Å². The van der Waals surface area contributed by atoms with E-state index in [1.54, 1.807) is 0 Å². The minimum Gasteiger partial charge on any atom is -0.394 e. The second-order valence-corrected chi connectivity index (χ2v) is 3.04. The molecule has 0 bridgehead atoms. The summed E-state index contributed by atoms with van der Waals surface area (Å²) in [5, 5.41) is 8.35. The monoisotopic (exact) mass is 127 g/mol. The van der Waals surface area contributed by atoms with Crippen molar-refractivity contribution in [3.63, 3.8) is 0 Å². The van der Waals surface area contributed by atoms with Crippen LogP contribution < -0.4 is 0 Å². The van der Waals surface area contributed by atoms with E-state index in [-0.39, 0.29) is 6.61 Å². The van der Waals surface area contributed by atoms with Gasteiger partial charge in [-0.25, -0.2) is 0 Å². The molecule has 1 spiro atoms. The summed E-state index contributed by atoms with van der Waals surface area (Å²) < 4.78 is 5.20. The van der Waals surface area contributed by atoms with Gasteiger partial charge in [-0.15, -0.1) is 0 Å². The molecule has 2 rings (SSSR count). The molecule has 51 valence electrons. The molecule has 0 aromatic rings. The van der Waals surface area contributed by atoms with Gasteiger partial charge in [-0.1, -0.05) is 0 Å². The smallest absolute Gasteiger partial charge is 0.109 e. The summed E-state index contributed by atoms with van der Waals surface area (Å²) in [6, 6.07) is 0. The van der Waals surface area contributed by atoms with E-state index in [1.165, 1.54) is 25.9 Å². The van der Waals surface area contributed by atoms with Crippen LogP contribution in [0.25, 0.3) is 0 Å². The molecule has 2 nitrogen and oxygen atoms in total. The number of rotatable bonds is 3. The van der Waals surface area contributed by atoms with Crippen LogP contribution in [0.4, 0.5) is 0 Å². The molecular formula is C7H11O2. The second-order valence-electron chi connectivity index (χ2n) is 3.04. The molecule has 9 heavy (non-hydrogen) atoms. The maximum absolute atomic E-state index is 8.35. The van der Waals surface area contributed by atoms with Crippen molar-refractivity contribution in [3.05, 3.63) is 6.61 Å². The Morgan fingerprint density at radius 2 is 2.44 bits per heavy atom. The Morgan fingerprint density at radius 1 is 1.67 bits per heavy atom. The van der Waals surface area contributed by atoms with Crippen molar-refractivity contribution in [1.82, 2.24) is 0 Å². The van der Waals surface area contributed by atoms with Gasteiger partial charge < -0.3 is 9.84 Å². The Morgan fingerprint density at radius 3 is 2.89 bits per heavy atom. The SMILES string of the molecule is OC[CH]OC1CC12CC2. The molecule has 0 aromatic heterocycles. The summed E-state index contributed by atoms with van der Waals surface area (Å²) >= 11 is 0. The van der Waals surface area contributed by atoms with Crippen molar-refractivity contribution in [2.75, 3.05) is 6.61 Å². The van der Waals surface area contributed by atoms with Gasteiger partial charge in [0.15, 0.2) is 0 Å². The Bertz CT molecular complexity index is 118. The fourth-order valence-electron chi connectivity index (χ4n) is 1.35. The second kappa shape index (κ2) is 1.70. The van der Waals surface area contributed by atoms with E-state index in [0.29, 0.717) is 11.5 Å². The predicted octanol–water partition coefficient (Wildman–Crippen LogP) is 0.710. The van der Waals surface area contributed by atoms with E-state index in [4.69, 9.17) is 9.84 Å². The first-order chi connectivity index (χ1) is 4.37. The van der Waals surface area contributed by atoms with Crippen molar-refractivity contribution in [2.45, 2.75) is 25.4 Å². The van der Waals surface area contributed by atoms with E-state index in [0.717, 1.165) is 0 Å². The van der Waals surface area contributed by atoms with Gasteiger partial charge in [-0.3, -0.25) is 0 Å². The van der Waals surface area contributed by atoms with Crippen LogP contribution in [0.5, 0.6) is 0 Å². The lowest BCUT2D eigenvalue weighted by molar-refractivity contribution is 0.127. The minimum absolute atomic E-state index is 0.0482. The first-order valence-electron chi connectivity index (χ1n) is 3.45. The molecule has 2 aliphatic carbocycles. The van der Waals surface area contributed by atoms with E-state index < -0.39 is 0 Å². The van der Waals surface area contributed by atoms with Gasteiger partial charge in [-0.05, 0) is 24.7 Å². The lowest BCUT2D eigenvalue weighted by atomic mass is 10.4. The summed E-state index contributed by atoms with van der Waals surface area (Å²) in [5.41, 5.74) is 0.603. The highest BCUT2D eigenvalue weighted by Crippen LogP contribution is 2.67. The third-order valence-electron chi connectivity index (χ3n) is 2.34. The summed E-state index contributed by atoms with van der Waals surface area (Å²) in [6.07, 6.45) is 4.38. The summed E-state index contributed by atoms with van der Waals surface area (Å²) in [7, 11) is 0. The van der Waals surface area contributed by atoms with Gasteiger partial charge in [0, 0.05) is 0 Å². The first-order valence-corrected chi connectivity index (χ1v) is 3.45. The summed E-state index contributed by atoms with van der Waals surface area (Å²) in [4.78, 5) is 0. The topological polar surface area (TPSA) is 29.5 Å². The van der Waals surface area contributed by atoms with Gasteiger partial charge in [0.05, 0.1) is 12.7 Å². The number of hydrogen-bond acceptors (Lipinski definition) is 2. The highest BCUT2D eigenvalue weighted by molar-refractivity contribution is 5.14. The zero-order valence-electron chi connectivity index (χ0n) is 5.34. The average Bonchev–Trinajstić information content (AvgIpc) is 2.72. The van der Waals surface area contributed by atoms with Crippen molar-refractivity contribution in [2.24, 2.45) is 5.41 Å². The van der Waals surface area contributed by atoms with Crippen LogP contribution in [0.15, 0.2) is 0 Å². The molecule has 2 fully saturated rings. The zero-order chi connectivity index (χ0) is 6.32. The van der Waals surface area contributed by atoms with Crippen LogP contribution in [0.1, 0.15) is 19.3 Å². The van der Waals surface area contributed by atoms with Crippen LogP contribution in [0, 0.1) is 12.0 Å². The molecule has 1 radical (unpaired) electrons.